The summed E-state index contributed by atoms with van der Waals surface area (Å²) in [4.78, 5) is 22.2. The zero-order valence-corrected chi connectivity index (χ0v) is 16.1. The molecule has 2 aliphatic rings. The number of rotatable bonds is 5. The number of aromatic nitrogens is 4. The van der Waals surface area contributed by atoms with Crippen molar-refractivity contribution >= 4 is 22.4 Å². The van der Waals surface area contributed by atoms with E-state index in [-0.39, 0.29) is 0 Å². The van der Waals surface area contributed by atoms with Crippen LogP contribution >= 0.6 is 0 Å². The summed E-state index contributed by atoms with van der Waals surface area (Å²) in [6, 6.07) is 8.36. The minimum Gasteiger partial charge on any atom is -0.477 e. The van der Waals surface area contributed by atoms with Crippen molar-refractivity contribution in [3.8, 4) is 5.88 Å². The van der Waals surface area contributed by atoms with Crippen molar-refractivity contribution in [2.45, 2.75) is 19.8 Å². The van der Waals surface area contributed by atoms with Crippen molar-refractivity contribution in [3.05, 3.63) is 42.6 Å². The quantitative estimate of drug-likeness (QED) is 0.678. The molecule has 7 nitrogen and oxygen atoms in total. The van der Waals surface area contributed by atoms with E-state index >= 15 is 0 Å². The standard InChI is InChI=1S/C21H24N6O/c1-15-22-7-6-20(25-15)27-10-8-26(9-11-27)17-4-5-19-18(12-17)21(24-14-23-19)28-13-16-2-3-16/h4-7,12,14,16H,2-3,8-11,13H2,1H3. The van der Waals surface area contributed by atoms with Crippen LogP contribution in [0.2, 0.25) is 0 Å². The number of nitrogens with zero attached hydrogens (tertiary/aromatic N) is 6. The van der Waals surface area contributed by atoms with Crippen LogP contribution in [-0.2, 0) is 0 Å². The third kappa shape index (κ3) is 3.56. The molecule has 1 aliphatic heterocycles. The number of benzene rings is 1. The second kappa shape index (κ2) is 7.22. The summed E-state index contributed by atoms with van der Waals surface area (Å²) in [7, 11) is 0. The summed E-state index contributed by atoms with van der Waals surface area (Å²) in [5.74, 6) is 3.23. The molecule has 0 bridgehead atoms. The number of fused-ring (bicyclic) bond motifs is 1. The summed E-state index contributed by atoms with van der Waals surface area (Å²) in [6.07, 6.45) is 5.96. The van der Waals surface area contributed by atoms with Gasteiger partial charge in [-0.05, 0) is 49.9 Å². The third-order valence-electron chi connectivity index (χ3n) is 5.47. The van der Waals surface area contributed by atoms with Crippen LogP contribution in [0, 0.1) is 12.8 Å². The second-order valence-corrected chi connectivity index (χ2v) is 7.57. The molecule has 0 atom stereocenters. The highest BCUT2D eigenvalue weighted by Gasteiger charge is 2.23. The van der Waals surface area contributed by atoms with E-state index in [0.29, 0.717) is 11.8 Å². The lowest BCUT2D eigenvalue weighted by atomic mass is 10.2. The van der Waals surface area contributed by atoms with Crippen LogP contribution in [0.15, 0.2) is 36.8 Å². The number of hydrogen-bond acceptors (Lipinski definition) is 7. The van der Waals surface area contributed by atoms with Crippen molar-refractivity contribution in [1.29, 1.82) is 0 Å². The van der Waals surface area contributed by atoms with E-state index in [1.807, 2.05) is 19.2 Å². The van der Waals surface area contributed by atoms with E-state index < -0.39 is 0 Å². The average molecular weight is 376 g/mol. The zero-order chi connectivity index (χ0) is 18.9. The SMILES string of the molecule is Cc1nccc(N2CCN(c3ccc4ncnc(OCC5CC5)c4c3)CC2)n1. The maximum Gasteiger partial charge on any atom is 0.224 e. The number of hydrogen-bond donors (Lipinski definition) is 0. The summed E-state index contributed by atoms with van der Waals surface area (Å²) in [5, 5.41) is 0.995. The van der Waals surface area contributed by atoms with Gasteiger partial charge < -0.3 is 14.5 Å². The van der Waals surface area contributed by atoms with Gasteiger partial charge in [0.25, 0.3) is 0 Å². The maximum atomic E-state index is 5.98. The minimum atomic E-state index is 0.701. The van der Waals surface area contributed by atoms with Gasteiger partial charge in [0.15, 0.2) is 0 Å². The first-order valence-corrected chi connectivity index (χ1v) is 9.93. The lowest BCUT2D eigenvalue weighted by Gasteiger charge is -2.36. The van der Waals surface area contributed by atoms with E-state index in [4.69, 9.17) is 4.74 Å². The van der Waals surface area contributed by atoms with Crippen LogP contribution in [0.1, 0.15) is 18.7 Å². The number of aryl methyl sites for hydroxylation is 1. The van der Waals surface area contributed by atoms with Gasteiger partial charge in [0.2, 0.25) is 5.88 Å². The average Bonchev–Trinajstić information content (AvgIpc) is 3.56. The van der Waals surface area contributed by atoms with Crippen molar-refractivity contribution in [1.82, 2.24) is 19.9 Å². The van der Waals surface area contributed by atoms with Crippen molar-refractivity contribution < 1.29 is 4.74 Å². The van der Waals surface area contributed by atoms with Crippen molar-refractivity contribution in [2.24, 2.45) is 5.92 Å². The topological polar surface area (TPSA) is 67.3 Å². The highest BCUT2D eigenvalue weighted by molar-refractivity contribution is 5.86. The summed E-state index contributed by atoms with van der Waals surface area (Å²) in [5.41, 5.74) is 2.12. The largest absolute Gasteiger partial charge is 0.477 e. The van der Waals surface area contributed by atoms with Gasteiger partial charge >= 0.3 is 0 Å². The normalized spacial score (nSPS) is 17.2. The Hall–Kier alpha value is -2.96. The zero-order valence-electron chi connectivity index (χ0n) is 16.1. The molecule has 2 fully saturated rings. The molecular formula is C21H24N6O. The minimum absolute atomic E-state index is 0.701. The van der Waals surface area contributed by atoms with E-state index in [2.05, 4.69) is 47.9 Å². The summed E-state index contributed by atoms with van der Waals surface area (Å²) >= 11 is 0. The predicted molar refractivity (Wildman–Crippen MR) is 109 cm³/mol. The Morgan fingerprint density at radius 2 is 1.82 bits per heavy atom. The van der Waals surface area contributed by atoms with Gasteiger partial charge in [-0.2, -0.15) is 0 Å². The third-order valence-corrected chi connectivity index (χ3v) is 5.47. The molecule has 0 spiro atoms. The molecule has 3 heterocycles. The summed E-state index contributed by atoms with van der Waals surface area (Å²) < 4.78 is 5.98. The van der Waals surface area contributed by atoms with Crippen LogP contribution in [0.25, 0.3) is 10.9 Å². The van der Waals surface area contributed by atoms with Gasteiger partial charge in [0, 0.05) is 38.1 Å². The first kappa shape index (κ1) is 17.2. The molecule has 7 heteroatoms. The Morgan fingerprint density at radius 1 is 1.00 bits per heavy atom. The molecule has 1 saturated heterocycles. The molecule has 1 aliphatic carbocycles. The molecule has 0 unspecified atom stereocenters. The lowest BCUT2D eigenvalue weighted by Crippen LogP contribution is -2.46. The van der Waals surface area contributed by atoms with Crippen molar-refractivity contribution in [2.75, 3.05) is 42.6 Å². The fraction of sp³-hybridized carbons (Fsp3) is 0.429. The van der Waals surface area contributed by atoms with E-state index in [1.54, 1.807) is 6.33 Å². The van der Waals surface area contributed by atoms with Gasteiger partial charge in [-0.3, -0.25) is 0 Å². The van der Waals surface area contributed by atoms with E-state index in [1.165, 1.54) is 18.5 Å². The molecule has 0 N–H and O–H groups in total. The Kier molecular flexibility index (Phi) is 4.43. The highest BCUT2D eigenvalue weighted by atomic mass is 16.5. The maximum absolute atomic E-state index is 5.98. The molecule has 0 amide bonds. The monoisotopic (exact) mass is 376 g/mol. The van der Waals surface area contributed by atoms with E-state index in [0.717, 1.165) is 55.3 Å². The van der Waals surface area contributed by atoms with Crippen LogP contribution in [0.5, 0.6) is 5.88 Å². The first-order chi connectivity index (χ1) is 13.8. The van der Waals surface area contributed by atoms with Crippen LogP contribution in [-0.4, -0.2) is 52.7 Å². The molecule has 1 saturated carbocycles. The molecule has 144 valence electrons. The number of piperazine rings is 1. The number of ether oxygens (including phenoxy) is 1. The Morgan fingerprint density at radius 3 is 2.61 bits per heavy atom. The fourth-order valence-corrected chi connectivity index (χ4v) is 3.63. The van der Waals surface area contributed by atoms with Gasteiger partial charge in [-0.1, -0.05) is 0 Å². The smallest absolute Gasteiger partial charge is 0.224 e. The number of anilines is 2. The molecule has 3 aromatic rings. The predicted octanol–water partition coefficient (Wildman–Crippen LogP) is 2.84. The van der Waals surface area contributed by atoms with Gasteiger partial charge in [-0.15, -0.1) is 0 Å². The Bertz CT molecular complexity index is 982. The van der Waals surface area contributed by atoms with Gasteiger partial charge in [0.1, 0.15) is 18.0 Å². The Balaban J connectivity index is 1.32. The summed E-state index contributed by atoms with van der Waals surface area (Å²) in [6.45, 7) is 6.45. The van der Waals surface area contributed by atoms with Gasteiger partial charge in [0.05, 0.1) is 17.5 Å². The Labute approximate surface area is 164 Å². The first-order valence-electron chi connectivity index (χ1n) is 9.93. The van der Waals surface area contributed by atoms with Crippen LogP contribution < -0.4 is 14.5 Å². The highest BCUT2D eigenvalue weighted by Crippen LogP contribution is 2.32. The fourth-order valence-electron chi connectivity index (χ4n) is 3.63. The van der Waals surface area contributed by atoms with Crippen LogP contribution in [0.4, 0.5) is 11.5 Å². The lowest BCUT2D eigenvalue weighted by molar-refractivity contribution is 0.292. The molecule has 28 heavy (non-hydrogen) atoms. The van der Waals surface area contributed by atoms with Gasteiger partial charge in [-0.25, -0.2) is 19.9 Å². The molecule has 1 aromatic carbocycles. The second-order valence-electron chi connectivity index (χ2n) is 7.57. The molecule has 2 aromatic heterocycles. The molecule has 0 radical (unpaired) electrons. The van der Waals surface area contributed by atoms with E-state index in [9.17, 15) is 0 Å². The molecule has 5 rings (SSSR count). The van der Waals surface area contributed by atoms with Crippen LogP contribution in [0.3, 0.4) is 0 Å². The van der Waals surface area contributed by atoms with Crippen molar-refractivity contribution in [3.63, 3.8) is 0 Å². The molecular weight excluding hydrogens is 352 g/mol.